The summed E-state index contributed by atoms with van der Waals surface area (Å²) in [5.74, 6) is -0.116. The van der Waals surface area contributed by atoms with Crippen LogP contribution in [0, 0.1) is 0 Å². The van der Waals surface area contributed by atoms with Gasteiger partial charge >= 0.3 is 5.97 Å². The molecule has 0 bridgehead atoms. The zero-order valence-electron chi connectivity index (χ0n) is 13.7. The highest BCUT2D eigenvalue weighted by atomic mass is 16.5. The molecular formula is C18H21N3O3. The summed E-state index contributed by atoms with van der Waals surface area (Å²) >= 11 is 0. The number of carbonyl (C=O) groups is 2. The number of aromatic nitrogens is 2. The van der Waals surface area contributed by atoms with E-state index in [-0.39, 0.29) is 12.3 Å². The molecule has 0 aliphatic heterocycles. The lowest BCUT2D eigenvalue weighted by Gasteiger charge is -2.06. The third-order valence-electron chi connectivity index (χ3n) is 4.25. The molecule has 1 amide bonds. The fourth-order valence-electron chi connectivity index (χ4n) is 2.97. The maximum atomic E-state index is 12.5. The van der Waals surface area contributed by atoms with Crippen molar-refractivity contribution in [3.63, 3.8) is 0 Å². The van der Waals surface area contributed by atoms with Gasteiger partial charge in [-0.25, -0.2) is 4.79 Å². The van der Waals surface area contributed by atoms with Gasteiger partial charge in [-0.05, 0) is 43.4 Å². The lowest BCUT2D eigenvalue weighted by Crippen LogP contribution is -2.20. The van der Waals surface area contributed by atoms with Crippen molar-refractivity contribution in [3.05, 3.63) is 46.8 Å². The molecule has 2 N–H and O–H groups in total. The lowest BCUT2D eigenvalue weighted by molar-refractivity contribution is -0.119. The number of hydrogen-bond donors (Lipinski definition) is 2. The molecule has 1 aromatic carbocycles. The van der Waals surface area contributed by atoms with Gasteiger partial charge in [-0.2, -0.15) is 5.10 Å². The third kappa shape index (κ3) is 3.64. The van der Waals surface area contributed by atoms with Gasteiger partial charge < -0.3 is 10.1 Å². The zero-order chi connectivity index (χ0) is 16.9. The Balaban J connectivity index is 1.74. The Morgan fingerprint density at radius 3 is 2.92 bits per heavy atom. The highest BCUT2D eigenvalue weighted by Crippen LogP contribution is 2.23. The molecular weight excluding hydrogens is 306 g/mol. The quantitative estimate of drug-likeness (QED) is 0.512. The van der Waals surface area contributed by atoms with Gasteiger partial charge in [0, 0.05) is 18.3 Å². The van der Waals surface area contributed by atoms with Crippen molar-refractivity contribution in [2.24, 2.45) is 0 Å². The summed E-state index contributed by atoms with van der Waals surface area (Å²) in [7, 11) is 1.59. The van der Waals surface area contributed by atoms with Crippen LogP contribution in [-0.4, -0.2) is 29.1 Å². The number of H-pyrrole nitrogens is 1. The van der Waals surface area contributed by atoms with Crippen LogP contribution in [0.3, 0.4) is 0 Å². The molecule has 0 spiro atoms. The number of ether oxygens (including phenoxy) is 1. The van der Waals surface area contributed by atoms with Crippen LogP contribution in [0.1, 0.15) is 46.6 Å². The average molecular weight is 327 g/mol. The van der Waals surface area contributed by atoms with Crippen molar-refractivity contribution in [1.82, 2.24) is 15.5 Å². The number of aromatic amines is 1. The van der Waals surface area contributed by atoms with E-state index in [1.807, 2.05) is 6.07 Å². The van der Waals surface area contributed by atoms with Gasteiger partial charge in [0.05, 0.1) is 6.42 Å². The smallest absolute Gasteiger partial charge is 0.364 e. The van der Waals surface area contributed by atoms with Gasteiger partial charge in [-0.1, -0.05) is 18.6 Å². The molecule has 0 fully saturated rings. The second-order valence-electron chi connectivity index (χ2n) is 5.98. The van der Waals surface area contributed by atoms with E-state index in [9.17, 15) is 9.59 Å². The van der Waals surface area contributed by atoms with Gasteiger partial charge in [-0.15, -0.1) is 0 Å². The average Bonchev–Trinajstić information content (AvgIpc) is 2.84. The molecule has 1 aromatic heterocycles. The first kappa shape index (κ1) is 16.2. The van der Waals surface area contributed by atoms with E-state index < -0.39 is 5.97 Å². The molecule has 3 rings (SSSR count). The summed E-state index contributed by atoms with van der Waals surface area (Å²) in [4.78, 5) is 23.9. The number of carbonyl (C=O) groups excluding carboxylic acids is 2. The van der Waals surface area contributed by atoms with E-state index in [1.165, 1.54) is 6.42 Å². The number of rotatable bonds is 4. The van der Waals surface area contributed by atoms with Crippen molar-refractivity contribution < 1.29 is 14.3 Å². The van der Waals surface area contributed by atoms with Gasteiger partial charge in [0.1, 0.15) is 5.75 Å². The van der Waals surface area contributed by atoms with Crippen LogP contribution in [0.25, 0.3) is 0 Å². The van der Waals surface area contributed by atoms with Crippen LogP contribution in [-0.2, 0) is 24.1 Å². The van der Waals surface area contributed by atoms with E-state index in [4.69, 9.17) is 4.74 Å². The maximum absolute atomic E-state index is 12.5. The highest BCUT2D eigenvalue weighted by Gasteiger charge is 2.22. The Morgan fingerprint density at radius 1 is 1.25 bits per heavy atom. The first-order valence-electron chi connectivity index (χ1n) is 8.25. The fraction of sp³-hybridized carbons (Fsp3) is 0.389. The molecule has 126 valence electrons. The number of hydrogen-bond acceptors (Lipinski definition) is 4. The Kier molecular flexibility index (Phi) is 4.93. The number of aryl methyl sites for hydroxylation is 1. The zero-order valence-corrected chi connectivity index (χ0v) is 13.7. The Labute approximate surface area is 140 Å². The largest absolute Gasteiger partial charge is 0.422 e. The number of amides is 1. The summed E-state index contributed by atoms with van der Waals surface area (Å²) in [5, 5.41) is 9.71. The molecule has 0 saturated carbocycles. The molecule has 24 heavy (non-hydrogen) atoms. The van der Waals surface area contributed by atoms with Crippen LogP contribution < -0.4 is 10.1 Å². The van der Waals surface area contributed by atoms with Gasteiger partial charge in [0.2, 0.25) is 5.91 Å². The van der Waals surface area contributed by atoms with Gasteiger partial charge in [-0.3, -0.25) is 9.89 Å². The van der Waals surface area contributed by atoms with E-state index in [0.29, 0.717) is 11.4 Å². The summed E-state index contributed by atoms with van der Waals surface area (Å²) < 4.78 is 5.47. The van der Waals surface area contributed by atoms with E-state index >= 15 is 0 Å². The van der Waals surface area contributed by atoms with E-state index in [0.717, 1.165) is 42.5 Å². The SMILES string of the molecule is CNC(=O)Cc1cccc(OC(=O)c2n[nH]c3c2CCCCC3)c1. The van der Waals surface area contributed by atoms with E-state index in [1.54, 1.807) is 25.2 Å². The van der Waals surface area contributed by atoms with Crippen molar-refractivity contribution in [1.29, 1.82) is 0 Å². The van der Waals surface area contributed by atoms with Crippen molar-refractivity contribution in [3.8, 4) is 5.75 Å². The molecule has 1 aliphatic carbocycles. The molecule has 1 aliphatic rings. The summed E-state index contributed by atoms with van der Waals surface area (Å²) in [6.45, 7) is 0. The predicted octanol–water partition coefficient (Wildman–Crippen LogP) is 2.19. The second-order valence-corrected chi connectivity index (χ2v) is 5.98. The molecule has 0 atom stereocenters. The molecule has 2 aromatic rings. The van der Waals surface area contributed by atoms with Gasteiger partial charge in [0.15, 0.2) is 5.69 Å². The first-order chi connectivity index (χ1) is 11.7. The van der Waals surface area contributed by atoms with Crippen LogP contribution >= 0.6 is 0 Å². The highest BCUT2D eigenvalue weighted by molar-refractivity contribution is 5.91. The summed E-state index contributed by atoms with van der Waals surface area (Å²) in [6, 6.07) is 7.01. The van der Waals surface area contributed by atoms with Gasteiger partial charge in [0.25, 0.3) is 0 Å². The number of fused-ring (bicyclic) bond motifs is 1. The number of esters is 1. The topological polar surface area (TPSA) is 84.1 Å². The van der Waals surface area contributed by atoms with Crippen LogP contribution in [0.4, 0.5) is 0 Å². The second kappa shape index (κ2) is 7.29. The Morgan fingerprint density at radius 2 is 2.08 bits per heavy atom. The standard InChI is InChI=1S/C18H21N3O3/c1-19-16(22)11-12-6-5-7-13(10-12)24-18(23)17-14-8-3-2-4-9-15(14)20-21-17/h5-7,10H,2-4,8-9,11H2,1H3,(H,19,22)(H,20,21). The monoisotopic (exact) mass is 327 g/mol. The Bertz CT molecular complexity index is 752. The van der Waals surface area contributed by atoms with Crippen molar-refractivity contribution in [2.45, 2.75) is 38.5 Å². The van der Waals surface area contributed by atoms with Crippen LogP contribution in [0.5, 0.6) is 5.75 Å². The normalized spacial score (nSPS) is 13.7. The van der Waals surface area contributed by atoms with Crippen LogP contribution in [0.2, 0.25) is 0 Å². The van der Waals surface area contributed by atoms with Crippen molar-refractivity contribution in [2.75, 3.05) is 7.05 Å². The molecule has 6 nitrogen and oxygen atoms in total. The third-order valence-corrected chi connectivity index (χ3v) is 4.25. The predicted molar refractivity (Wildman–Crippen MR) is 89.0 cm³/mol. The minimum atomic E-state index is -0.452. The summed E-state index contributed by atoms with van der Waals surface area (Å²) in [5.41, 5.74) is 3.20. The molecule has 6 heteroatoms. The molecule has 0 radical (unpaired) electrons. The molecule has 0 saturated heterocycles. The maximum Gasteiger partial charge on any atom is 0.364 e. The number of likely N-dealkylation sites (N-methyl/N-ethyl adjacent to an activating group) is 1. The number of nitrogens with one attached hydrogen (secondary N) is 2. The fourth-order valence-corrected chi connectivity index (χ4v) is 2.97. The summed E-state index contributed by atoms with van der Waals surface area (Å²) in [6.07, 6.45) is 5.38. The minimum absolute atomic E-state index is 0.0869. The number of benzene rings is 1. The molecule has 0 unspecified atom stereocenters. The minimum Gasteiger partial charge on any atom is -0.422 e. The molecule has 1 heterocycles. The lowest BCUT2D eigenvalue weighted by atomic mass is 10.1. The van der Waals surface area contributed by atoms with Crippen molar-refractivity contribution >= 4 is 11.9 Å². The van der Waals surface area contributed by atoms with Crippen LogP contribution in [0.15, 0.2) is 24.3 Å². The number of nitrogens with zero attached hydrogens (tertiary/aromatic N) is 1. The Hall–Kier alpha value is -2.63. The first-order valence-corrected chi connectivity index (χ1v) is 8.25. The van der Waals surface area contributed by atoms with E-state index in [2.05, 4.69) is 15.5 Å².